The van der Waals surface area contributed by atoms with Crippen molar-refractivity contribution in [1.29, 1.82) is 0 Å². The monoisotopic (exact) mass is 374 g/mol. The van der Waals surface area contributed by atoms with Crippen LogP contribution in [0.5, 0.6) is 0 Å². The number of aromatic nitrogens is 2. The molecule has 0 atom stereocenters. The molecule has 3 rings (SSSR count). The Balaban J connectivity index is 1.95. The molecule has 0 radical (unpaired) electrons. The van der Waals surface area contributed by atoms with E-state index in [1.807, 2.05) is 6.92 Å². The van der Waals surface area contributed by atoms with E-state index in [1.165, 1.54) is 34.1 Å². The van der Waals surface area contributed by atoms with Crippen molar-refractivity contribution in [2.45, 2.75) is 13.3 Å². The molecule has 0 spiro atoms. The Hall–Kier alpha value is -2.32. The van der Waals surface area contributed by atoms with Gasteiger partial charge in [-0.2, -0.15) is 4.99 Å². The minimum atomic E-state index is -0.374. The van der Waals surface area contributed by atoms with Crippen LogP contribution in [0, 0.1) is 5.82 Å². The van der Waals surface area contributed by atoms with Crippen LogP contribution in [0.25, 0.3) is 6.08 Å². The summed E-state index contributed by atoms with van der Waals surface area (Å²) in [6.07, 6.45) is 3.94. The highest BCUT2D eigenvalue weighted by Gasteiger charge is 2.33. The number of carbonyl (C=O) groups excluding carboxylic acids is 1. The highest BCUT2D eigenvalue weighted by Crippen LogP contribution is 2.34. The number of hydrogen-bond donors (Lipinski definition) is 0. The summed E-state index contributed by atoms with van der Waals surface area (Å²) in [7, 11) is 0. The number of rotatable bonds is 5. The van der Waals surface area contributed by atoms with Crippen LogP contribution in [0.2, 0.25) is 0 Å². The lowest BCUT2D eigenvalue weighted by Gasteiger charge is -2.11. The molecule has 25 heavy (non-hydrogen) atoms. The molecule has 1 saturated heterocycles. The lowest BCUT2D eigenvalue weighted by atomic mass is 10.2. The molecule has 0 bridgehead atoms. The second-order valence-corrected chi connectivity index (χ2v) is 7.11. The number of aliphatic imine (C=N–C) groups is 1. The molecule has 8 heteroatoms. The second kappa shape index (κ2) is 7.71. The van der Waals surface area contributed by atoms with Gasteiger partial charge in [0, 0.05) is 12.1 Å². The third-order valence-corrected chi connectivity index (χ3v) is 5.31. The number of amides is 1. The summed E-state index contributed by atoms with van der Waals surface area (Å²) in [5.74, 6) is -0.604. The third kappa shape index (κ3) is 3.85. The number of hydrogen-bond acceptors (Lipinski definition) is 6. The smallest absolute Gasteiger partial charge is 0.267 e. The van der Waals surface area contributed by atoms with E-state index in [0.29, 0.717) is 27.3 Å². The first-order chi connectivity index (χ1) is 12.1. The maximum absolute atomic E-state index is 13.9. The standard InChI is InChI=1S/C17H15FN4OS2/c1-3-9-22-15(23)13(10-11-7-5-6-8-12(11)18)24-17(22)19-16-21-20-14(4-2)25-16/h3,5-8,10H,1,4,9H2,2H3/b13-10+,19-17?. The summed E-state index contributed by atoms with van der Waals surface area (Å²) in [6.45, 7) is 5.99. The molecule has 1 aromatic carbocycles. The molecule has 1 aliphatic rings. The molecule has 0 saturated carbocycles. The average molecular weight is 374 g/mol. The summed E-state index contributed by atoms with van der Waals surface area (Å²) in [5.41, 5.74) is 0.363. The van der Waals surface area contributed by atoms with Crippen molar-refractivity contribution in [3.63, 3.8) is 0 Å². The molecule has 128 valence electrons. The normalized spacial score (nSPS) is 17.7. The van der Waals surface area contributed by atoms with E-state index in [1.54, 1.807) is 30.4 Å². The zero-order valence-electron chi connectivity index (χ0n) is 13.5. The summed E-state index contributed by atoms with van der Waals surface area (Å²) < 4.78 is 13.9. The molecule has 0 aliphatic carbocycles. The number of aryl methyl sites for hydroxylation is 1. The van der Waals surface area contributed by atoms with E-state index >= 15 is 0 Å². The zero-order chi connectivity index (χ0) is 17.8. The van der Waals surface area contributed by atoms with Crippen LogP contribution in [-0.4, -0.2) is 32.7 Å². The van der Waals surface area contributed by atoms with Crippen molar-refractivity contribution in [2.24, 2.45) is 4.99 Å². The van der Waals surface area contributed by atoms with E-state index in [2.05, 4.69) is 21.8 Å². The van der Waals surface area contributed by atoms with E-state index in [4.69, 9.17) is 0 Å². The van der Waals surface area contributed by atoms with Gasteiger partial charge < -0.3 is 0 Å². The highest BCUT2D eigenvalue weighted by atomic mass is 32.2. The Morgan fingerprint density at radius 1 is 1.36 bits per heavy atom. The zero-order valence-corrected chi connectivity index (χ0v) is 15.1. The van der Waals surface area contributed by atoms with Crippen molar-refractivity contribution >= 4 is 45.4 Å². The Morgan fingerprint density at radius 3 is 2.84 bits per heavy atom. The summed E-state index contributed by atoms with van der Waals surface area (Å²) in [4.78, 5) is 19.0. The molecule has 5 nitrogen and oxygen atoms in total. The number of nitrogens with zero attached hydrogens (tertiary/aromatic N) is 4. The van der Waals surface area contributed by atoms with Crippen LogP contribution in [0.3, 0.4) is 0 Å². The van der Waals surface area contributed by atoms with Crippen LogP contribution in [-0.2, 0) is 11.2 Å². The van der Waals surface area contributed by atoms with Gasteiger partial charge in [-0.05, 0) is 30.3 Å². The lowest BCUT2D eigenvalue weighted by Crippen LogP contribution is -2.29. The topological polar surface area (TPSA) is 58.5 Å². The molecule has 1 aliphatic heterocycles. The van der Waals surface area contributed by atoms with Gasteiger partial charge in [0.1, 0.15) is 10.8 Å². The largest absolute Gasteiger partial charge is 0.282 e. The van der Waals surface area contributed by atoms with Gasteiger partial charge in [-0.1, -0.05) is 42.5 Å². The predicted octanol–water partition coefficient (Wildman–Crippen LogP) is 4.03. The summed E-state index contributed by atoms with van der Waals surface area (Å²) in [5, 5.41) is 9.91. The minimum Gasteiger partial charge on any atom is -0.282 e. The van der Waals surface area contributed by atoms with Gasteiger partial charge in [0.25, 0.3) is 5.91 Å². The number of carbonyl (C=O) groups is 1. The van der Waals surface area contributed by atoms with Gasteiger partial charge in [0.2, 0.25) is 5.13 Å². The maximum Gasteiger partial charge on any atom is 0.267 e. The Kier molecular flexibility index (Phi) is 5.40. The van der Waals surface area contributed by atoms with Crippen LogP contribution in [0.15, 0.2) is 46.8 Å². The van der Waals surface area contributed by atoms with E-state index in [-0.39, 0.29) is 11.7 Å². The van der Waals surface area contributed by atoms with Gasteiger partial charge in [-0.3, -0.25) is 9.69 Å². The van der Waals surface area contributed by atoms with Crippen molar-refractivity contribution in [3.05, 3.63) is 58.2 Å². The lowest BCUT2D eigenvalue weighted by molar-refractivity contribution is -0.121. The Labute approximate surface area is 153 Å². The minimum absolute atomic E-state index is 0.230. The van der Waals surface area contributed by atoms with Crippen molar-refractivity contribution in [2.75, 3.05) is 6.54 Å². The van der Waals surface area contributed by atoms with E-state index in [0.717, 1.165) is 11.4 Å². The number of thioether (sulfide) groups is 1. The van der Waals surface area contributed by atoms with Crippen molar-refractivity contribution in [1.82, 2.24) is 15.1 Å². The van der Waals surface area contributed by atoms with E-state index < -0.39 is 0 Å². The molecule has 2 heterocycles. The van der Waals surface area contributed by atoms with Crippen LogP contribution in [0.1, 0.15) is 17.5 Å². The Bertz CT molecular complexity index is 875. The van der Waals surface area contributed by atoms with Gasteiger partial charge in [0.15, 0.2) is 5.17 Å². The van der Waals surface area contributed by atoms with Crippen LogP contribution in [0.4, 0.5) is 9.52 Å². The van der Waals surface area contributed by atoms with Crippen LogP contribution >= 0.6 is 23.1 Å². The van der Waals surface area contributed by atoms with Gasteiger partial charge in [0.05, 0.1) is 4.91 Å². The molecule has 0 unspecified atom stereocenters. The van der Waals surface area contributed by atoms with Gasteiger partial charge >= 0.3 is 0 Å². The fraction of sp³-hybridized carbons (Fsp3) is 0.176. The van der Waals surface area contributed by atoms with Crippen molar-refractivity contribution in [3.8, 4) is 0 Å². The first-order valence-electron chi connectivity index (χ1n) is 7.60. The summed E-state index contributed by atoms with van der Waals surface area (Å²) in [6, 6.07) is 6.32. The SMILES string of the molecule is C=CCN1C(=O)/C(=C\c2ccccc2F)SC1=Nc1nnc(CC)s1. The number of benzene rings is 1. The molecular formula is C17H15FN4OS2. The van der Waals surface area contributed by atoms with Gasteiger partial charge in [-0.15, -0.1) is 16.8 Å². The third-order valence-electron chi connectivity index (χ3n) is 3.34. The fourth-order valence-electron chi connectivity index (χ4n) is 2.13. The molecule has 1 amide bonds. The number of halogens is 1. The predicted molar refractivity (Wildman–Crippen MR) is 100 cm³/mol. The molecule has 1 aromatic heterocycles. The average Bonchev–Trinajstić information content (AvgIpc) is 3.17. The summed E-state index contributed by atoms with van der Waals surface area (Å²) >= 11 is 2.58. The second-order valence-electron chi connectivity index (χ2n) is 5.06. The molecule has 1 fully saturated rings. The molecular weight excluding hydrogens is 359 g/mol. The van der Waals surface area contributed by atoms with Crippen molar-refractivity contribution < 1.29 is 9.18 Å². The van der Waals surface area contributed by atoms with E-state index in [9.17, 15) is 9.18 Å². The van der Waals surface area contributed by atoms with Gasteiger partial charge in [-0.25, -0.2) is 4.39 Å². The molecule has 0 N–H and O–H groups in total. The maximum atomic E-state index is 13.9. The molecule has 2 aromatic rings. The van der Waals surface area contributed by atoms with Crippen LogP contribution < -0.4 is 0 Å². The highest BCUT2D eigenvalue weighted by molar-refractivity contribution is 8.18. The Morgan fingerprint density at radius 2 is 2.16 bits per heavy atom. The first kappa shape index (κ1) is 17.5. The number of amidine groups is 1. The quantitative estimate of drug-likeness (QED) is 0.586. The first-order valence-corrected chi connectivity index (χ1v) is 9.23. The fourth-order valence-corrected chi connectivity index (χ4v) is 3.82.